The first kappa shape index (κ1) is 17.3. The summed E-state index contributed by atoms with van der Waals surface area (Å²) in [6.07, 6.45) is 1.07. The number of benzene rings is 1. The molecule has 8 heteroatoms. The second kappa shape index (κ2) is 7.87. The van der Waals surface area contributed by atoms with E-state index in [2.05, 4.69) is 4.74 Å². The van der Waals surface area contributed by atoms with Crippen LogP contribution in [-0.2, 0) is 9.53 Å². The van der Waals surface area contributed by atoms with Crippen molar-refractivity contribution in [2.75, 3.05) is 27.9 Å². The molecule has 0 unspecified atom stereocenters. The lowest BCUT2D eigenvalue weighted by Crippen LogP contribution is -2.14. The average molecular weight is 311 g/mol. The molecule has 120 valence electrons. The summed E-state index contributed by atoms with van der Waals surface area (Å²) in [7, 11) is 4.28. The van der Waals surface area contributed by atoms with E-state index in [1.54, 1.807) is 6.92 Å². The van der Waals surface area contributed by atoms with Crippen molar-refractivity contribution in [3.8, 4) is 17.2 Å². The van der Waals surface area contributed by atoms with Crippen molar-refractivity contribution in [2.24, 2.45) is 0 Å². The Bertz CT molecular complexity index is 595. The fourth-order valence-corrected chi connectivity index (χ4v) is 1.70. The van der Waals surface area contributed by atoms with Gasteiger partial charge in [0.15, 0.2) is 11.5 Å². The van der Waals surface area contributed by atoms with Crippen LogP contribution >= 0.6 is 0 Å². The number of hydrogen-bond acceptors (Lipinski definition) is 7. The molecule has 0 aliphatic heterocycles. The van der Waals surface area contributed by atoms with E-state index in [-0.39, 0.29) is 6.61 Å². The Morgan fingerprint density at radius 3 is 2.14 bits per heavy atom. The Morgan fingerprint density at radius 1 is 1.14 bits per heavy atom. The fourth-order valence-electron chi connectivity index (χ4n) is 1.70. The third-order valence-corrected chi connectivity index (χ3v) is 2.71. The molecular weight excluding hydrogens is 294 g/mol. The molecule has 1 aromatic rings. The lowest BCUT2D eigenvalue weighted by molar-refractivity contribution is -0.419. The molecule has 1 aromatic carbocycles. The fraction of sp³-hybridized carbons (Fsp3) is 0.357. The van der Waals surface area contributed by atoms with Crippen LogP contribution in [0, 0.1) is 10.1 Å². The highest BCUT2D eigenvalue weighted by atomic mass is 16.6. The monoisotopic (exact) mass is 311 g/mol. The van der Waals surface area contributed by atoms with Crippen molar-refractivity contribution in [2.45, 2.75) is 6.92 Å². The summed E-state index contributed by atoms with van der Waals surface area (Å²) in [4.78, 5) is 21.9. The van der Waals surface area contributed by atoms with Gasteiger partial charge in [0.05, 0.1) is 32.9 Å². The van der Waals surface area contributed by atoms with Gasteiger partial charge in [-0.3, -0.25) is 10.1 Å². The van der Waals surface area contributed by atoms with Gasteiger partial charge < -0.3 is 18.9 Å². The second-order valence-corrected chi connectivity index (χ2v) is 3.96. The molecule has 1 rings (SSSR count). The van der Waals surface area contributed by atoms with E-state index in [1.165, 1.54) is 33.5 Å². The number of nitrogens with zero attached hydrogens (tertiary/aromatic N) is 1. The van der Waals surface area contributed by atoms with E-state index in [0.717, 1.165) is 6.08 Å². The number of ether oxygens (including phenoxy) is 4. The molecule has 0 aromatic heterocycles. The van der Waals surface area contributed by atoms with Gasteiger partial charge in [0.1, 0.15) is 5.75 Å². The van der Waals surface area contributed by atoms with Crippen LogP contribution in [-0.4, -0.2) is 38.8 Å². The highest BCUT2D eigenvalue weighted by molar-refractivity contribution is 5.91. The molecule has 22 heavy (non-hydrogen) atoms. The summed E-state index contributed by atoms with van der Waals surface area (Å²) in [5, 5.41) is 11.0. The Hall–Kier alpha value is -2.77. The molecule has 8 nitrogen and oxygen atoms in total. The summed E-state index contributed by atoms with van der Waals surface area (Å²) in [6.45, 7) is 1.60. The minimum Gasteiger partial charge on any atom is -0.496 e. The molecule has 0 saturated heterocycles. The van der Waals surface area contributed by atoms with E-state index in [4.69, 9.17) is 14.2 Å². The average Bonchev–Trinajstić information content (AvgIpc) is 2.51. The number of rotatable bonds is 7. The summed E-state index contributed by atoms with van der Waals surface area (Å²) in [5.41, 5.74) is -0.410. The standard InChI is InChI=1S/C14H17NO7/c1-5-22-14(16)10(15(17)18)6-9-7-12(20-3)13(21-4)8-11(9)19-2/h6-8H,5H2,1-4H3/b10-6-. The van der Waals surface area contributed by atoms with E-state index in [9.17, 15) is 14.9 Å². The molecule has 0 bridgehead atoms. The lowest BCUT2D eigenvalue weighted by atomic mass is 10.1. The maximum Gasteiger partial charge on any atom is 0.409 e. The van der Waals surface area contributed by atoms with Gasteiger partial charge in [0, 0.05) is 17.7 Å². The van der Waals surface area contributed by atoms with Crippen molar-refractivity contribution in [1.29, 1.82) is 0 Å². The molecule has 0 aliphatic rings. The van der Waals surface area contributed by atoms with Gasteiger partial charge in [0.2, 0.25) is 0 Å². The minimum absolute atomic E-state index is 0.0348. The van der Waals surface area contributed by atoms with Gasteiger partial charge in [-0.15, -0.1) is 0 Å². The zero-order valence-electron chi connectivity index (χ0n) is 12.7. The van der Waals surface area contributed by atoms with Crippen LogP contribution in [0.25, 0.3) is 6.08 Å². The molecule has 0 amide bonds. The van der Waals surface area contributed by atoms with E-state index >= 15 is 0 Å². The molecule has 0 N–H and O–H groups in total. The number of carbonyl (C=O) groups excluding carboxylic acids is 1. The molecule has 0 aliphatic carbocycles. The van der Waals surface area contributed by atoms with Crippen LogP contribution in [0.2, 0.25) is 0 Å². The molecule has 0 heterocycles. The zero-order chi connectivity index (χ0) is 16.7. The Labute approximate surface area is 127 Å². The third-order valence-electron chi connectivity index (χ3n) is 2.71. The topological polar surface area (TPSA) is 97.1 Å². The normalized spacial score (nSPS) is 10.8. The minimum atomic E-state index is -1.02. The highest BCUT2D eigenvalue weighted by Crippen LogP contribution is 2.35. The lowest BCUT2D eigenvalue weighted by Gasteiger charge is -2.12. The van der Waals surface area contributed by atoms with Gasteiger partial charge >= 0.3 is 11.7 Å². The van der Waals surface area contributed by atoms with Crippen molar-refractivity contribution >= 4 is 12.0 Å². The largest absolute Gasteiger partial charge is 0.496 e. The third kappa shape index (κ3) is 3.87. The summed E-state index contributed by atoms with van der Waals surface area (Å²) >= 11 is 0. The summed E-state index contributed by atoms with van der Waals surface area (Å²) in [6, 6.07) is 2.98. The number of hydrogen-bond donors (Lipinski definition) is 0. The van der Waals surface area contributed by atoms with Crippen LogP contribution in [0.5, 0.6) is 17.2 Å². The van der Waals surface area contributed by atoms with Crippen molar-refractivity contribution < 1.29 is 28.7 Å². The van der Waals surface area contributed by atoms with Crippen LogP contribution in [0.3, 0.4) is 0 Å². The van der Waals surface area contributed by atoms with E-state index in [1.807, 2.05) is 0 Å². The summed E-state index contributed by atoms with van der Waals surface area (Å²) in [5.74, 6) is 0.0158. The van der Waals surface area contributed by atoms with E-state index < -0.39 is 16.6 Å². The predicted molar refractivity (Wildman–Crippen MR) is 77.7 cm³/mol. The van der Waals surface area contributed by atoms with Crippen molar-refractivity contribution in [3.05, 3.63) is 33.5 Å². The van der Waals surface area contributed by atoms with Crippen LogP contribution in [0.15, 0.2) is 17.8 Å². The smallest absolute Gasteiger partial charge is 0.409 e. The van der Waals surface area contributed by atoms with Crippen LogP contribution in [0.4, 0.5) is 0 Å². The summed E-state index contributed by atoms with van der Waals surface area (Å²) < 4.78 is 20.1. The first-order valence-electron chi connectivity index (χ1n) is 6.31. The quantitative estimate of drug-likeness (QED) is 0.328. The van der Waals surface area contributed by atoms with Crippen LogP contribution < -0.4 is 14.2 Å². The van der Waals surface area contributed by atoms with E-state index in [0.29, 0.717) is 22.8 Å². The number of nitro groups is 1. The number of methoxy groups -OCH3 is 3. The molecular formula is C14H17NO7. The van der Waals surface area contributed by atoms with Crippen molar-refractivity contribution in [1.82, 2.24) is 0 Å². The van der Waals surface area contributed by atoms with Gasteiger partial charge in [0.25, 0.3) is 0 Å². The maximum atomic E-state index is 11.6. The molecule has 0 saturated carbocycles. The first-order chi connectivity index (χ1) is 10.5. The van der Waals surface area contributed by atoms with Gasteiger partial charge in [-0.05, 0) is 13.0 Å². The molecule has 0 fully saturated rings. The van der Waals surface area contributed by atoms with Gasteiger partial charge in [-0.1, -0.05) is 0 Å². The van der Waals surface area contributed by atoms with Crippen molar-refractivity contribution in [3.63, 3.8) is 0 Å². The zero-order valence-corrected chi connectivity index (χ0v) is 12.7. The molecule has 0 atom stereocenters. The number of esters is 1. The Morgan fingerprint density at radius 2 is 1.68 bits per heavy atom. The Balaban J connectivity index is 3.41. The highest BCUT2D eigenvalue weighted by Gasteiger charge is 2.24. The van der Waals surface area contributed by atoms with Gasteiger partial charge in [-0.2, -0.15) is 0 Å². The van der Waals surface area contributed by atoms with Crippen LogP contribution in [0.1, 0.15) is 12.5 Å². The second-order valence-electron chi connectivity index (χ2n) is 3.96. The predicted octanol–water partition coefficient (Wildman–Crippen LogP) is 1.89. The number of carbonyl (C=O) groups is 1. The maximum absolute atomic E-state index is 11.6. The first-order valence-corrected chi connectivity index (χ1v) is 6.31. The Kier molecular flexibility index (Phi) is 6.18. The SMILES string of the molecule is CCOC(=O)/C(=C/c1cc(OC)c(OC)cc1OC)[N+](=O)[O-]. The molecule has 0 spiro atoms. The molecule has 0 radical (unpaired) electrons. The van der Waals surface area contributed by atoms with Gasteiger partial charge in [-0.25, -0.2) is 4.79 Å².